The molecule has 1 rings (SSSR count). The SMILES string of the molecule is CCC(C)(CO)NC(=O)c1ccno1. The fraction of sp³-hybridized carbons (Fsp3) is 0.556. The number of hydrogen-bond acceptors (Lipinski definition) is 4. The third-order valence-corrected chi connectivity index (χ3v) is 2.21. The first-order valence-electron chi connectivity index (χ1n) is 4.45. The lowest BCUT2D eigenvalue weighted by Crippen LogP contribution is -2.48. The van der Waals surface area contributed by atoms with E-state index in [1.54, 1.807) is 6.92 Å². The Kier molecular flexibility index (Phi) is 3.24. The summed E-state index contributed by atoms with van der Waals surface area (Å²) in [5, 5.41) is 15.2. The van der Waals surface area contributed by atoms with E-state index in [4.69, 9.17) is 5.11 Å². The van der Waals surface area contributed by atoms with E-state index in [9.17, 15) is 4.79 Å². The Bertz CT molecular complexity index is 291. The van der Waals surface area contributed by atoms with Crippen molar-refractivity contribution in [1.82, 2.24) is 10.5 Å². The maximum atomic E-state index is 11.5. The lowest BCUT2D eigenvalue weighted by molar-refractivity contribution is 0.0810. The second kappa shape index (κ2) is 4.23. The number of aliphatic hydroxyl groups is 1. The van der Waals surface area contributed by atoms with Crippen molar-refractivity contribution in [2.24, 2.45) is 0 Å². The van der Waals surface area contributed by atoms with E-state index >= 15 is 0 Å². The van der Waals surface area contributed by atoms with Crippen LogP contribution >= 0.6 is 0 Å². The largest absolute Gasteiger partial charge is 0.394 e. The van der Waals surface area contributed by atoms with E-state index in [1.165, 1.54) is 12.3 Å². The lowest BCUT2D eigenvalue weighted by atomic mass is 10.0. The first-order valence-corrected chi connectivity index (χ1v) is 4.45. The van der Waals surface area contributed by atoms with Gasteiger partial charge in [-0.15, -0.1) is 0 Å². The quantitative estimate of drug-likeness (QED) is 0.741. The molecule has 1 aromatic rings. The molecule has 5 heteroatoms. The zero-order valence-electron chi connectivity index (χ0n) is 8.28. The van der Waals surface area contributed by atoms with Crippen LogP contribution in [0.25, 0.3) is 0 Å². The van der Waals surface area contributed by atoms with Crippen molar-refractivity contribution >= 4 is 5.91 Å². The van der Waals surface area contributed by atoms with Crippen molar-refractivity contribution in [3.05, 3.63) is 18.0 Å². The number of carbonyl (C=O) groups is 1. The molecule has 1 heterocycles. The molecule has 0 aliphatic rings. The molecule has 5 nitrogen and oxygen atoms in total. The molecule has 0 aliphatic heterocycles. The van der Waals surface area contributed by atoms with Gasteiger partial charge in [0.1, 0.15) is 0 Å². The Balaban J connectivity index is 2.65. The zero-order chi connectivity index (χ0) is 10.6. The minimum Gasteiger partial charge on any atom is -0.394 e. The first-order chi connectivity index (χ1) is 6.61. The molecule has 1 amide bonds. The van der Waals surface area contributed by atoms with Gasteiger partial charge in [-0.2, -0.15) is 0 Å². The van der Waals surface area contributed by atoms with Crippen molar-refractivity contribution in [3.8, 4) is 0 Å². The molecule has 1 unspecified atom stereocenters. The number of aromatic nitrogens is 1. The smallest absolute Gasteiger partial charge is 0.290 e. The molecular weight excluding hydrogens is 184 g/mol. The Hall–Kier alpha value is -1.36. The molecule has 1 atom stereocenters. The van der Waals surface area contributed by atoms with Crippen molar-refractivity contribution < 1.29 is 14.4 Å². The number of carbonyl (C=O) groups excluding carboxylic acids is 1. The van der Waals surface area contributed by atoms with Crippen LogP contribution in [0.2, 0.25) is 0 Å². The van der Waals surface area contributed by atoms with Gasteiger partial charge < -0.3 is 14.9 Å². The van der Waals surface area contributed by atoms with Crippen LogP contribution in [0.5, 0.6) is 0 Å². The molecule has 2 N–H and O–H groups in total. The summed E-state index contributed by atoms with van der Waals surface area (Å²) in [5.74, 6) is -0.209. The van der Waals surface area contributed by atoms with Crippen LogP contribution in [0.1, 0.15) is 30.8 Å². The second-order valence-corrected chi connectivity index (χ2v) is 3.40. The minimum atomic E-state index is -0.607. The van der Waals surface area contributed by atoms with Crippen molar-refractivity contribution in [3.63, 3.8) is 0 Å². The van der Waals surface area contributed by atoms with Gasteiger partial charge in [0.15, 0.2) is 0 Å². The van der Waals surface area contributed by atoms with E-state index in [-0.39, 0.29) is 18.3 Å². The number of nitrogens with one attached hydrogen (secondary N) is 1. The lowest BCUT2D eigenvalue weighted by Gasteiger charge is -2.26. The zero-order valence-corrected chi connectivity index (χ0v) is 8.28. The molecule has 78 valence electrons. The number of amides is 1. The fourth-order valence-corrected chi connectivity index (χ4v) is 0.908. The number of aliphatic hydroxyl groups excluding tert-OH is 1. The summed E-state index contributed by atoms with van der Waals surface area (Å²) < 4.78 is 4.69. The summed E-state index contributed by atoms with van der Waals surface area (Å²) in [6, 6.07) is 1.47. The predicted octanol–water partition coefficient (Wildman–Crippen LogP) is 0.565. The number of rotatable bonds is 4. The average molecular weight is 198 g/mol. The van der Waals surface area contributed by atoms with Crippen LogP contribution in [-0.4, -0.2) is 28.3 Å². The molecule has 0 aliphatic carbocycles. The van der Waals surface area contributed by atoms with Crippen molar-refractivity contribution in [2.45, 2.75) is 25.8 Å². The highest BCUT2D eigenvalue weighted by atomic mass is 16.5. The highest BCUT2D eigenvalue weighted by Gasteiger charge is 2.25. The highest BCUT2D eigenvalue weighted by Crippen LogP contribution is 2.09. The summed E-state index contributed by atoms with van der Waals surface area (Å²) in [6.07, 6.45) is 2.04. The molecule has 0 saturated heterocycles. The number of hydrogen-bond donors (Lipinski definition) is 2. The summed E-state index contributed by atoms with van der Waals surface area (Å²) in [5.41, 5.74) is -0.607. The molecular formula is C9H14N2O3. The van der Waals surface area contributed by atoms with Gasteiger partial charge in [0.05, 0.1) is 18.3 Å². The van der Waals surface area contributed by atoms with Crippen molar-refractivity contribution in [2.75, 3.05) is 6.61 Å². The topological polar surface area (TPSA) is 75.4 Å². The third kappa shape index (κ3) is 2.32. The maximum absolute atomic E-state index is 11.5. The fourth-order valence-electron chi connectivity index (χ4n) is 0.908. The molecule has 0 bridgehead atoms. The molecule has 0 saturated carbocycles. The number of nitrogens with zero attached hydrogens (tertiary/aromatic N) is 1. The van der Waals surface area contributed by atoms with Crippen LogP contribution in [0, 0.1) is 0 Å². The maximum Gasteiger partial charge on any atom is 0.290 e. The summed E-state index contributed by atoms with van der Waals surface area (Å²) >= 11 is 0. The molecule has 0 aromatic carbocycles. The van der Waals surface area contributed by atoms with Crippen LogP contribution in [0.15, 0.2) is 16.8 Å². The minimum absolute atomic E-state index is 0.108. The molecule has 1 aromatic heterocycles. The van der Waals surface area contributed by atoms with E-state index in [0.29, 0.717) is 6.42 Å². The van der Waals surface area contributed by atoms with Gasteiger partial charge in [-0.1, -0.05) is 12.1 Å². The average Bonchev–Trinajstić information content (AvgIpc) is 2.70. The van der Waals surface area contributed by atoms with Gasteiger partial charge in [-0.25, -0.2) is 0 Å². The molecule has 0 fully saturated rings. The molecule has 14 heavy (non-hydrogen) atoms. The van der Waals surface area contributed by atoms with Crippen LogP contribution in [0.3, 0.4) is 0 Å². The van der Waals surface area contributed by atoms with E-state index in [2.05, 4.69) is 15.0 Å². The van der Waals surface area contributed by atoms with Gasteiger partial charge in [0.2, 0.25) is 5.76 Å². The Labute approximate surface area is 82.1 Å². The van der Waals surface area contributed by atoms with E-state index in [1.807, 2.05) is 6.92 Å². The monoisotopic (exact) mass is 198 g/mol. The Morgan fingerprint density at radius 3 is 2.93 bits per heavy atom. The third-order valence-electron chi connectivity index (χ3n) is 2.21. The van der Waals surface area contributed by atoms with Gasteiger partial charge in [0.25, 0.3) is 5.91 Å². The van der Waals surface area contributed by atoms with Gasteiger partial charge in [0, 0.05) is 6.07 Å². The van der Waals surface area contributed by atoms with Gasteiger partial charge >= 0.3 is 0 Å². The Morgan fingerprint density at radius 1 is 1.79 bits per heavy atom. The van der Waals surface area contributed by atoms with Crippen LogP contribution in [0.4, 0.5) is 0 Å². The van der Waals surface area contributed by atoms with Crippen LogP contribution < -0.4 is 5.32 Å². The van der Waals surface area contributed by atoms with Gasteiger partial charge in [-0.3, -0.25) is 4.79 Å². The standard InChI is InChI=1S/C9H14N2O3/c1-3-9(2,6-12)11-8(13)7-4-5-10-14-7/h4-5,12H,3,6H2,1-2H3,(H,11,13). The van der Waals surface area contributed by atoms with Crippen LogP contribution in [-0.2, 0) is 0 Å². The summed E-state index contributed by atoms with van der Waals surface area (Å²) in [6.45, 7) is 3.54. The van der Waals surface area contributed by atoms with Gasteiger partial charge in [-0.05, 0) is 13.3 Å². The summed E-state index contributed by atoms with van der Waals surface area (Å²) in [7, 11) is 0. The summed E-state index contributed by atoms with van der Waals surface area (Å²) in [4.78, 5) is 11.5. The van der Waals surface area contributed by atoms with Crippen molar-refractivity contribution in [1.29, 1.82) is 0 Å². The normalized spacial score (nSPS) is 14.8. The molecule has 0 spiro atoms. The molecule has 0 radical (unpaired) electrons. The first kappa shape index (κ1) is 10.7. The second-order valence-electron chi connectivity index (χ2n) is 3.40. The predicted molar refractivity (Wildman–Crippen MR) is 49.8 cm³/mol. The Morgan fingerprint density at radius 2 is 2.50 bits per heavy atom. The highest BCUT2D eigenvalue weighted by molar-refractivity contribution is 5.91. The van der Waals surface area contributed by atoms with E-state index < -0.39 is 5.54 Å². The van der Waals surface area contributed by atoms with E-state index in [0.717, 1.165) is 0 Å².